The molecule has 0 N–H and O–H groups in total. The van der Waals surface area contributed by atoms with Crippen molar-refractivity contribution in [3.8, 4) is 0 Å². The van der Waals surface area contributed by atoms with Crippen molar-refractivity contribution in [2.75, 3.05) is 0 Å². The molecule has 1 nitrogen and oxygen atoms in total. The quantitative estimate of drug-likeness (QED) is 0.480. The highest BCUT2D eigenvalue weighted by molar-refractivity contribution is 14.1. The van der Waals surface area contributed by atoms with E-state index in [0.717, 1.165) is 15.6 Å². The van der Waals surface area contributed by atoms with Crippen molar-refractivity contribution in [2.24, 2.45) is 0 Å². The molecule has 2 aromatic carbocycles. The number of benzene rings is 2. The van der Waals surface area contributed by atoms with Gasteiger partial charge in [-0.3, -0.25) is 0 Å². The van der Waals surface area contributed by atoms with Gasteiger partial charge in [0.05, 0.1) is 0 Å². The van der Waals surface area contributed by atoms with Crippen LogP contribution in [0.1, 0.15) is 11.1 Å². The Hall–Kier alpha value is -0.300. The van der Waals surface area contributed by atoms with Crippen LogP contribution >= 0.6 is 38.5 Å². The average Bonchev–Trinajstić information content (AvgIpc) is 2.41. The first-order chi connectivity index (χ1) is 9.13. The smallest absolute Gasteiger partial charge is 0.135 e. The Morgan fingerprint density at radius 1 is 1.05 bits per heavy atom. The lowest BCUT2D eigenvalue weighted by atomic mass is 10.2. The van der Waals surface area contributed by atoms with Gasteiger partial charge in [0.15, 0.2) is 0 Å². The molecule has 1 unspecified atom stereocenters. The fraction of sp³-hybridized carbons (Fsp3) is 0.0667. The van der Waals surface area contributed by atoms with Crippen LogP contribution in [-0.4, -0.2) is 4.55 Å². The fourth-order valence-corrected chi connectivity index (χ4v) is 3.07. The average molecular weight is 447 g/mol. The van der Waals surface area contributed by atoms with E-state index in [2.05, 4.69) is 38.5 Å². The van der Waals surface area contributed by atoms with Crippen LogP contribution in [0.5, 0.6) is 0 Å². The summed E-state index contributed by atoms with van der Waals surface area (Å²) in [5.41, 5.74) is 2.15. The van der Waals surface area contributed by atoms with Gasteiger partial charge in [-0.15, -0.1) is 0 Å². The maximum Gasteiger partial charge on any atom is 0.135 e. The molecule has 19 heavy (non-hydrogen) atoms. The first-order valence-electron chi connectivity index (χ1n) is 5.69. The summed E-state index contributed by atoms with van der Waals surface area (Å²) in [6.45, 7) is 0. The molecule has 98 valence electrons. The highest BCUT2D eigenvalue weighted by Gasteiger charge is 2.03. The Labute approximate surface area is 138 Å². The predicted molar refractivity (Wildman–Crippen MR) is 94.2 cm³/mol. The molecule has 2 rings (SSSR count). The molecule has 2 aromatic rings. The molecule has 0 aromatic heterocycles. The third kappa shape index (κ3) is 5.30. The first kappa shape index (κ1) is 15.1. The Balaban J connectivity index is 1.95. The lowest BCUT2D eigenvalue weighted by molar-refractivity contribution is 0.603. The van der Waals surface area contributed by atoms with Gasteiger partial charge in [0.1, 0.15) is 11.2 Å². The maximum atomic E-state index is 11.9. The molecule has 0 radical (unpaired) electrons. The standard InChI is InChI=1S/C15H12BrIOS/c16-14-5-1-13(2-6-14)11-19(18)10-9-12-3-7-15(17)8-4-12/h1-10H,11H2. The van der Waals surface area contributed by atoms with E-state index in [1.165, 1.54) is 3.57 Å². The molecule has 0 bridgehead atoms. The minimum absolute atomic E-state index is 0.550. The van der Waals surface area contributed by atoms with Gasteiger partial charge in [0, 0.05) is 13.6 Å². The van der Waals surface area contributed by atoms with Crippen LogP contribution in [0.25, 0.3) is 6.08 Å². The minimum Gasteiger partial charge on any atom is -0.612 e. The van der Waals surface area contributed by atoms with E-state index in [-0.39, 0.29) is 0 Å². The van der Waals surface area contributed by atoms with Crippen molar-refractivity contribution in [3.63, 3.8) is 0 Å². The summed E-state index contributed by atoms with van der Waals surface area (Å²) in [7, 11) is 0. The zero-order valence-corrected chi connectivity index (χ0v) is 14.6. The summed E-state index contributed by atoms with van der Waals surface area (Å²) in [6.07, 6.45) is 1.91. The van der Waals surface area contributed by atoms with Crippen LogP contribution in [-0.2, 0) is 16.9 Å². The second-order valence-electron chi connectivity index (χ2n) is 4.01. The first-order valence-corrected chi connectivity index (χ1v) is 8.94. The van der Waals surface area contributed by atoms with Crippen LogP contribution in [0.3, 0.4) is 0 Å². The molecular formula is C15H12BrIOS. The molecule has 4 heteroatoms. The Morgan fingerprint density at radius 3 is 2.32 bits per heavy atom. The SMILES string of the molecule is [O-][S+](C=Cc1ccc(I)cc1)Cc1ccc(Br)cc1. The van der Waals surface area contributed by atoms with E-state index in [4.69, 9.17) is 0 Å². The van der Waals surface area contributed by atoms with Crippen LogP contribution < -0.4 is 0 Å². The van der Waals surface area contributed by atoms with Crippen molar-refractivity contribution >= 4 is 55.8 Å². The van der Waals surface area contributed by atoms with Gasteiger partial charge in [-0.2, -0.15) is 0 Å². The van der Waals surface area contributed by atoms with Gasteiger partial charge in [0.25, 0.3) is 0 Å². The van der Waals surface area contributed by atoms with Crippen LogP contribution in [0.15, 0.2) is 58.4 Å². The second-order valence-corrected chi connectivity index (χ2v) is 7.49. The monoisotopic (exact) mass is 446 g/mol. The summed E-state index contributed by atoms with van der Waals surface area (Å²) in [5.74, 6) is 0.550. The summed E-state index contributed by atoms with van der Waals surface area (Å²) in [6, 6.07) is 16.0. The Kier molecular flexibility index (Phi) is 5.94. The number of hydrogen-bond donors (Lipinski definition) is 0. The lowest BCUT2D eigenvalue weighted by Gasteiger charge is -2.05. The Morgan fingerprint density at radius 2 is 1.68 bits per heavy atom. The van der Waals surface area contributed by atoms with Crippen LogP contribution in [0, 0.1) is 3.57 Å². The molecule has 1 atom stereocenters. The number of rotatable bonds is 4. The maximum absolute atomic E-state index is 11.9. The van der Waals surface area contributed by atoms with Gasteiger partial charge >= 0.3 is 0 Å². The van der Waals surface area contributed by atoms with E-state index >= 15 is 0 Å². The van der Waals surface area contributed by atoms with Crippen LogP contribution in [0.4, 0.5) is 0 Å². The summed E-state index contributed by atoms with van der Waals surface area (Å²) < 4.78 is 14.2. The molecule has 0 fully saturated rings. The molecule has 0 amide bonds. The van der Waals surface area contributed by atoms with Gasteiger partial charge in [-0.05, 0) is 69.7 Å². The molecule has 0 saturated heterocycles. The van der Waals surface area contributed by atoms with Crippen LogP contribution in [0.2, 0.25) is 0 Å². The fourth-order valence-electron chi connectivity index (χ4n) is 1.52. The zero-order valence-electron chi connectivity index (χ0n) is 10.1. The summed E-state index contributed by atoms with van der Waals surface area (Å²) >= 11 is 4.68. The molecule has 0 aliphatic heterocycles. The minimum atomic E-state index is -0.981. The van der Waals surface area contributed by atoms with Crippen molar-refractivity contribution in [2.45, 2.75) is 5.75 Å². The van der Waals surface area contributed by atoms with Crippen molar-refractivity contribution < 1.29 is 4.55 Å². The van der Waals surface area contributed by atoms with E-state index in [1.54, 1.807) is 5.41 Å². The van der Waals surface area contributed by atoms with Gasteiger partial charge < -0.3 is 4.55 Å². The molecule has 0 saturated carbocycles. The van der Waals surface area contributed by atoms with Gasteiger partial charge in [0.2, 0.25) is 0 Å². The largest absolute Gasteiger partial charge is 0.612 e. The van der Waals surface area contributed by atoms with E-state index in [9.17, 15) is 4.55 Å². The molecule has 0 aliphatic rings. The predicted octanol–water partition coefficient (Wildman–Crippen LogP) is 4.97. The van der Waals surface area contributed by atoms with Gasteiger partial charge in [-0.25, -0.2) is 0 Å². The Bertz CT molecular complexity index is 551. The summed E-state index contributed by atoms with van der Waals surface area (Å²) in [4.78, 5) is 0. The third-order valence-corrected chi connectivity index (χ3v) is 4.81. The van der Waals surface area contributed by atoms with E-state index in [1.807, 2.05) is 54.6 Å². The highest BCUT2D eigenvalue weighted by atomic mass is 127. The third-order valence-electron chi connectivity index (χ3n) is 2.50. The molecule has 0 aliphatic carbocycles. The molecule has 0 heterocycles. The topological polar surface area (TPSA) is 23.1 Å². The molecule has 0 spiro atoms. The normalized spacial score (nSPS) is 12.8. The number of halogens is 2. The van der Waals surface area contributed by atoms with Gasteiger partial charge in [-0.1, -0.05) is 40.2 Å². The molecular weight excluding hydrogens is 435 g/mol. The highest BCUT2D eigenvalue weighted by Crippen LogP contribution is 2.15. The number of hydrogen-bond acceptors (Lipinski definition) is 1. The van der Waals surface area contributed by atoms with Crippen molar-refractivity contribution in [1.82, 2.24) is 0 Å². The second kappa shape index (κ2) is 7.47. The van der Waals surface area contributed by atoms with Crippen molar-refractivity contribution in [1.29, 1.82) is 0 Å². The zero-order chi connectivity index (χ0) is 13.7. The van der Waals surface area contributed by atoms with E-state index in [0.29, 0.717) is 5.75 Å². The van der Waals surface area contributed by atoms with E-state index < -0.39 is 11.2 Å². The van der Waals surface area contributed by atoms with Crippen molar-refractivity contribution in [3.05, 3.63) is 73.1 Å². The summed E-state index contributed by atoms with van der Waals surface area (Å²) in [5, 5.41) is 1.75. The lowest BCUT2D eigenvalue weighted by Crippen LogP contribution is -1.99.